The molecule has 3 aromatic rings. The quantitative estimate of drug-likeness (QED) is 0.361. The lowest BCUT2D eigenvalue weighted by molar-refractivity contribution is -0.219. The van der Waals surface area contributed by atoms with Gasteiger partial charge in [-0.3, -0.25) is 0 Å². The maximum absolute atomic E-state index is 12.9. The number of hydrogen-bond donors (Lipinski definition) is 1. The summed E-state index contributed by atoms with van der Waals surface area (Å²) >= 11 is 0. The zero-order chi connectivity index (χ0) is 29.3. The summed E-state index contributed by atoms with van der Waals surface area (Å²) < 4.78 is 104. The molecule has 1 aromatic heterocycles. The molecule has 1 N–H and O–H groups in total. The predicted molar refractivity (Wildman–Crippen MR) is 129 cm³/mol. The van der Waals surface area contributed by atoms with Gasteiger partial charge in [-0.25, -0.2) is 31.6 Å². The average molecular weight is 595 g/mol. The Morgan fingerprint density at radius 1 is 0.974 bits per heavy atom. The molecule has 0 fully saturated rings. The van der Waals surface area contributed by atoms with Gasteiger partial charge in [-0.05, 0) is 22.7 Å². The van der Waals surface area contributed by atoms with Crippen LogP contribution in [0.3, 0.4) is 0 Å². The number of nitrogens with one attached hydrogen (secondary N) is 1. The molecule has 39 heavy (non-hydrogen) atoms. The molecule has 1 heterocycles. The van der Waals surface area contributed by atoms with Gasteiger partial charge in [-0.15, -0.1) is 0 Å². The molecule has 0 amide bonds. The fourth-order valence-electron chi connectivity index (χ4n) is 3.37. The summed E-state index contributed by atoms with van der Waals surface area (Å²) in [6, 6.07) is 4.05. The molecule has 18 heteroatoms. The normalized spacial score (nSPS) is 12.3. The zero-order valence-electron chi connectivity index (χ0n) is 20.9. The van der Waals surface area contributed by atoms with E-state index in [0.29, 0.717) is 7.05 Å². The van der Waals surface area contributed by atoms with E-state index in [9.17, 15) is 34.8 Å². The first-order chi connectivity index (χ1) is 18.1. The lowest BCUT2D eigenvalue weighted by Crippen LogP contribution is -2.36. The molecule has 0 bridgehead atoms. The summed E-state index contributed by atoms with van der Waals surface area (Å²) in [7, 11) is -4.25. The van der Waals surface area contributed by atoms with Gasteiger partial charge in [-0.2, -0.15) is 13.2 Å². The molecule has 0 spiro atoms. The summed E-state index contributed by atoms with van der Waals surface area (Å²) in [4.78, 5) is 22.2. The van der Waals surface area contributed by atoms with Crippen molar-refractivity contribution in [1.82, 2.24) is 14.4 Å². The Kier molecular flexibility index (Phi) is 8.13. The maximum Gasteiger partial charge on any atom is 0.492 e. The minimum atomic E-state index is -5.46. The number of sulfone groups is 1. The zero-order valence-corrected chi connectivity index (χ0v) is 22.5. The number of aromatic nitrogens is 2. The van der Waals surface area contributed by atoms with Gasteiger partial charge in [0.1, 0.15) is 12.1 Å². The largest absolute Gasteiger partial charge is 0.493 e. The van der Waals surface area contributed by atoms with Gasteiger partial charge in [0.2, 0.25) is 5.75 Å². The van der Waals surface area contributed by atoms with E-state index in [0.717, 1.165) is 30.8 Å². The van der Waals surface area contributed by atoms with Crippen molar-refractivity contribution in [2.24, 2.45) is 0 Å². The third-order valence-corrected chi connectivity index (χ3v) is 7.87. The predicted octanol–water partition coefficient (Wildman–Crippen LogP) is 2.44. The van der Waals surface area contributed by atoms with Gasteiger partial charge >= 0.3 is 12.1 Å². The van der Waals surface area contributed by atoms with Gasteiger partial charge in [0.15, 0.2) is 21.3 Å². The average Bonchev–Trinajstić information content (AvgIpc) is 2.86. The molecule has 3 rings (SSSR count). The molecule has 13 nitrogen and oxygen atoms in total. The Bertz CT molecular complexity index is 1650. The topological polar surface area (TPSA) is 163 Å². The van der Waals surface area contributed by atoms with Crippen LogP contribution in [0.1, 0.15) is 0 Å². The molecular weight excluding hydrogens is 573 g/mol. The first-order valence-corrected chi connectivity index (χ1v) is 13.7. The first-order valence-electron chi connectivity index (χ1n) is 10.4. The van der Waals surface area contributed by atoms with Crippen molar-refractivity contribution in [1.29, 1.82) is 0 Å². The van der Waals surface area contributed by atoms with Crippen LogP contribution in [-0.4, -0.2) is 78.1 Å². The van der Waals surface area contributed by atoms with Crippen molar-refractivity contribution in [3.05, 3.63) is 30.6 Å². The fourth-order valence-corrected chi connectivity index (χ4v) is 5.16. The summed E-state index contributed by atoms with van der Waals surface area (Å²) in [6.07, 6.45) is -3.49. The van der Waals surface area contributed by atoms with Crippen molar-refractivity contribution in [3.63, 3.8) is 0 Å². The molecule has 212 valence electrons. The van der Waals surface area contributed by atoms with Gasteiger partial charge < -0.3 is 24.4 Å². The number of carbonyl (C=O) groups excluding carboxylic acids is 1. The van der Waals surface area contributed by atoms with Crippen LogP contribution in [0.15, 0.2) is 40.4 Å². The van der Waals surface area contributed by atoms with Gasteiger partial charge in [0, 0.05) is 19.4 Å². The van der Waals surface area contributed by atoms with Crippen LogP contribution in [0.2, 0.25) is 0 Å². The van der Waals surface area contributed by atoms with Crippen LogP contribution in [0.5, 0.6) is 17.2 Å². The molecule has 0 saturated carbocycles. The van der Waals surface area contributed by atoms with Crippen LogP contribution in [0.25, 0.3) is 10.9 Å². The number of alkyl halides is 3. The molecule has 0 atom stereocenters. The van der Waals surface area contributed by atoms with E-state index < -0.39 is 36.9 Å². The standard InChI is InChI=1S/C21H21F3N4O9S2/c1-28(37-20(29)21(22,23)24)39(32,33)11-6-7-15(38(5,30)31)12(8-11)27-19-16-13(25-10-26-19)9-14(34-2)17(35-3)18(16)36-4/h6-10H,1-5H3,(H,25,26,27). The Morgan fingerprint density at radius 2 is 1.62 bits per heavy atom. The number of fused-ring (bicyclic) bond motifs is 1. The van der Waals surface area contributed by atoms with Gasteiger partial charge in [-0.1, -0.05) is 0 Å². The van der Waals surface area contributed by atoms with Crippen molar-refractivity contribution in [3.8, 4) is 17.2 Å². The van der Waals surface area contributed by atoms with Crippen molar-refractivity contribution < 1.29 is 53.8 Å². The fraction of sp³-hybridized carbons (Fsp3) is 0.286. The third kappa shape index (κ3) is 5.91. The van der Waals surface area contributed by atoms with E-state index in [2.05, 4.69) is 20.1 Å². The summed E-state index contributed by atoms with van der Waals surface area (Å²) in [5.74, 6) is -2.32. The Hall–Kier alpha value is -3.90. The molecule has 2 aromatic carbocycles. The monoisotopic (exact) mass is 594 g/mol. The van der Waals surface area contributed by atoms with E-state index in [4.69, 9.17) is 14.2 Å². The highest BCUT2D eigenvalue weighted by Gasteiger charge is 2.44. The molecule has 0 aliphatic carbocycles. The number of anilines is 2. The smallest absolute Gasteiger partial charge is 0.492 e. The highest BCUT2D eigenvalue weighted by Crippen LogP contribution is 2.45. The lowest BCUT2D eigenvalue weighted by Gasteiger charge is -2.19. The number of benzene rings is 2. The number of nitrogens with zero attached hydrogens (tertiary/aromatic N) is 3. The molecular formula is C21H21F3N4O9S2. The van der Waals surface area contributed by atoms with E-state index in [1.54, 1.807) is 0 Å². The van der Waals surface area contributed by atoms with Gasteiger partial charge in [0.25, 0.3) is 10.0 Å². The first kappa shape index (κ1) is 29.7. The van der Waals surface area contributed by atoms with E-state index in [1.807, 2.05) is 0 Å². The number of rotatable bonds is 9. The van der Waals surface area contributed by atoms with E-state index in [1.165, 1.54) is 27.4 Å². The number of ether oxygens (including phenoxy) is 3. The van der Waals surface area contributed by atoms with E-state index >= 15 is 0 Å². The second-order valence-corrected chi connectivity index (χ2v) is 11.5. The maximum atomic E-state index is 12.9. The second kappa shape index (κ2) is 10.7. The minimum absolute atomic E-state index is 0.0471. The number of carbonyl (C=O) groups is 1. The Balaban J connectivity index is 2.20. The highest BCUT2D eigenvalue weighted by molar-refractivity contribution is 7.91. The second-order valence-electron chi connectivity index (χ2n) is 7.61. The SMILES string of the molecule is COc1cc2ncnc(Nc3cc(S(=O)(=O)N(C)OC(=O)C(F)(F)F)ccc3S(C)(=O)=O)c2c(OC)c1OC. The Labute approximate surface area is 220 Å². The number of sulfonamides is 1. The number of halogens is 3. The summed E-state index contributed by atoms with van der Waals surface area (Å²) in [5, 5.41) is 2.92. The number of methoxy groups -OCH3 is 3. The highest BCUT2D eigenvalue weighted by atomic mass is 32.2. The summed E-state index contributed by atoms with van der Waals surface area (Å²) in [6.45, 7) is 0. The van der Waals surface area contributed by atoms with Crippen LogP contribution in [-0.2, 0) is 29.5 Å². The van der Waals surface area contributed by atoms with Crippen LogP contribution >= 0.6 is 0 Å². The molecule has 0 aliphatic rings. The third-order valence-electron chi connectivity index (χ3n) is 5.11. The van der Waals surface area contributed by atoms with Crippen molar-refractivity contribution in [2.45, 2.75) is 16.0 Å². The molecule has 0 unspecified atom stereocenters. The molecule has 0 radical (unpaired) electrons. The van der Waals surface area contributed by atoms with Crippen LogP contribution in [0, 0.1) is 0 Å². The number of hydrogen-bond acceptors (Lipinski definition) is 12. The van der Waals surface area contributed by atoms with Crippen molar-refractivity contribution in [2.75, 3.05) is 39.9 Å². The number of hydroxylamine groups is 1. The van der Waals surface area contributed by atoms with E-state index in [-0.39, 0.29) is 49.0 Å². The Morgan fingerprint density at radius 3 is 2.15 bits per heavy atom. The van der Waals surface area contributed by atoms with Crippen molar-refractivity contribution >= 4 is 48.2 Å². The minimum Gasteiger partial charge on any atom is -0.493 e. The van der Waals surface area contributed by atoms with Crippen LogP contribution < -0.4 is 19.5 Å². The van der Waals surface area contributed by atoms with Gasteiger partial charge in [0.05, 0.1) is 47.7 Å². The molecule has 0 saturated heterocycles. The lowest BCUT2D eigenvalue weighted by atomic mass is 10.1. The van der Waals surface area contributed by atoms with Crippen LogP contribution in [0.4, 0.5) is 24.7 Å². The molecule has 0 aliphatic heterocycles. The summed E-state index contributed by atoms with van der Waals surface area (Å²) in [5.41, 5.74) is -0.0589.